The van der Waals surface area contributed by atoms with Gasteiger partial charge in [0, 0.05) is 12.8 Å². The number of unbranched alkanes of at least 4 members (excludes halogenated alkanes) is 1. The third kappa shape index (κ3) is 13.6. The van der Waals surface area contributed by atoms with Crippen molar-refractivity contribution in [3.8, 4) is 0 Å². The first kappa shape index (κ1) is 14.2. The van der Waals surface area contributed by atoms with E-state index in [9.17, 15) is 9.59 Å². The maximum Gasteiger partial charge on any atom is 0.305 e. The molecule has 0 aromatic heterocycles. The van der Waals surface area contributed by atoms with Crippen LogP contribution in [0.3, 0.4) is 0 Å². The highest BCUT2D eigenvalue weighted by Gasteiger charge is 2.01. The molecule has 0 heterocycles. The van der Waals surface area contributed by atoms with E-state index in [1.54, 1.807) is 0 Å². The molecular weight excluding hydrogens is 172 g/mol. The van der Waals surface area contributed by atoms with Crippen LogP contribution in [-0.4, -0.2) is 24.2 Å². The van der Waals surface area contributed by atoms with Crippen LogP contribution in [0.2, 0.25) is 0 Å². The fourth-order valence-electron chi connectivity index (χ4n) is 0.648. The Labute approximate surface area is 78.2 Å². The molecule has 4 heteroatoms. The van der Waals surface area contributed by atoms with E-state index >= 15 is 0 Å². The Hall–Kier alpha value is -1.32. The molecule has 0 unspecified atom stereocenters. The van der Waals surface area contributed by atoms with E-state index in [1.165, 1.54) is 7.11 Å². The molecule has 76 valence electrons. The van der Waals surface area contributed by atoms with Gasteiger partial charge in [0.2, 0.25) is 0 Å². The molecule has 0 saturated carbocycles. The summed E-state index contributed by atoms with van der Waals surface area (Å²) in [6.07, 6.45) is 1.55. The maximum atomic E-state index is 10.5. The topological polar surface area (TPSA) is 63.6 Å². The summed E-state index contributed by atoms with van der Waals surface area (Å²) in [5.74, 6) is -1.11. The molecule has 0 radical (unpaired) electrons. The van der Waals surface area contributed by atoms with Crippen LogP contribution in [0.25, 0.3) is 0 Å². The van der Waals surface area contributed by atoms with Crippen molar-refractivity contribution in [3.05, 3.63) is 13.2 Å². The quantitative estimate of drug-likeness (QED) is 0.404. The average Bonchev–Trinajstić information content (AvgIpc) is 2.15. The predicted octanol–water partition coefficient (Wildman–Crippen LogP) is 1.61. The number of carbonyl (C=O) groups excluding carboxylic acids is 1. The second kappa shape index (κ2) is 10.7. The van der Waals surface area contributed by atoms with Crippen molar-refractivity contribution < 1.29 is 19.4 Å². The smallest absolute Gasteiger partial charge is 0.305 e. The summed E-state index contributed by atoms with van der Waals surface area (Å²) in [4.78, 5) is 20.5. The first-order valence-electron chi connectivity index (χ1n) is 3.95. The van der Waals surface area contributed by atoms with Crippen LogP contribution in [0, 0.1) is 0 Å². The molecule has 0 aromatic rings. The number of carboxylic acid groups (broad SMARTS) is 1. The van der Waals surface area contributed by atoms with E-state index in [-0.39, 0.29) is 12.4 Å². The second-order valence-corrected chi connectivity index (χ2v) is 2.18. The highest BCUT2D eigenvalue weighted by molar-refractivity contribution is 5.69. The monoisotopic (exact) mass is 188 g/mol. The molecule has 1 N–H and O–H groups in total. The fourth-order valence-corrected chi connectivity index (χ4v) is 0.648. The molecule has 0 spiro atoms. The van der Waals surface area contributed by atoms with Gasteiger partial charge in [-0.1, -0.05) is 0 Å². The first-order chi connectivity index (χ1) is 6.16. The number of carboxylic acids is 1. The molecule has 0 fully saturated rings. The molecule has 0 aliphatic carbocycles. The van der Waals surface area contributed by atoms with Crippen molar-refractivity contribution >= 4 is 11.9 Å². The van der Waals surface area contributed by atoms with Crippen LogP contribution in [0.1, 0.15) is 25.7 Å². The van der Waals surface area contributed by atoms with Gasteiger partial charge in [0.15, 0.2) is 0 Å². The first-order valence-corrected chi connectivity index (χ1v) is 3.95. The van der Waals surface area contributed by atoms with Gasteiger partial charge in [-0.2, -0.15) is 0 Å². The van der Waals surface area contributed by atoms with E-state index < -0.39 is 5.97 Å². The van der Waals surface area contributed by atoms with E-state index in [0.29, 0.717) is 19.3 Å². The highest BCUT2D eigenvalue weighted by Crippen LogP contribution is 2.00. The Morgan fingerprint density at radius 1 is 1.23 bits per heavy atom. The third-order valence-corrected chi connectivity index (χ3v) is 1.25. The minimum atomic E-state index is -0.824. The van der Waals surface area contributed by atoms with Crippen molar-refractivity contribution in [2.45, 2.75) is 25.7 Å². The van der Waals surface area contributed by atoms with Gasteiger partial charge in [-0.15, -0.1) is 13.2 Å². The Morgan fingerprint density at radius 2 is 1.69 bits per heavy atom. The number of aliphatic carboxylic acids is 1. The van der Waals surface area contributed by atoms with Gasteiger partial charge in [0.05, 0.1) is 7.11 Å². The van der Waals surface area contributed by atoms with E-state index in [2.05, 4.69) is 17.9 Å². The Kier molecular flexibility index (Phi) is 11.7. The van der Waals surface area contributed by atoms with Crippen molar-refractivity contribution in [2.75, 3.05) is 7.11 Å². The zero-order chi connectivity index (χ0) is 10.7. The summed E-state index contributed by atoms with van der Waals surface area (Å²) in [7, 11) is 1.32. The van der Waals surface area contributed by atoms with Crippen molar-refractivity contribution in [1.82, 2.24) is 0 Å². The van der Waals surface area contributed by atoms with Crippen LogP contribution in [0.5, 0.6) is 0 Å². The molecule has 0 amide bonds. The average molecular weight is 188 g/mol. The van der Waals surface area contributed by atoms with Crippen LogP contribution < -0.4 is 0 Å². The van der Waals surface area contributed by atoms with Crippen LogP contribution in [0.4, 0.5) is 0 Å². The largest absolute Gasteiger partial charge is 0.481 e. The minimum absolute atomic E-state index is 0.122. The summed E-state index contributed by atoms with van der Waals surface area (Å²) in [5.41, 5.74) is 0. The lowest BCUT2D eigenvalue weighted by Crippen LogP contribution is -2.00. The van der Waals surface area contributed by atoms with Crippen molar-refractivity contribution in [1.29, 1.82) is 0 Å². The highest BCUT2D eigenvalue weighted by atomic mass is 16.5. The standard InChI is InChI=1S/C7H12O4.C2H4/c1-11-7(10)5-3-2-4-6(8)9;1-2/h2-5H2,1H3,(H,8,9);1-2H2. The van der Waals surface area contributed by atoms with Gasteiger partial charge in [-0.25, -0.2) is 0 Å². The van der Waals surface area contributed by atoms with Crippen LogP contribution in [0.15, 0.2) is 13.2 Å². The summed E-state index contributed by atoms with van der Waals surface area (Å²) in [6, 6.07) is 0. The Morgan fingerprint density at radius 3 is 2.08 bits per heavy atom. The van der Waals surface area contributed by atoms with E-state index in [0.717, 1.165) is 0 Å². The lowest BCUT2D eigenvalue weighted by atomic mass is 10.2. The molecule has 0 saturated heterocycles. The zero-order valence-corrected chi connectivity index (χ0v) is 7.91. The zero-order valence-electron chi connectivity index (χ0n) is 7.91. The minimum Gasteiger partial charge on any atom is -0.481 e. The SMILES string of the molecule is C=C.COC(=O)CCCCC(=O)O. The molecule has 0 aliphatic heterocycles. The van der Waals surface area contributed by atoms with Crippen LogP contribution in [-0.2, 0) is 14.3 Å². The predicted molar refractivity (Wildman–Crippen MR) is 49.4 cm³/mol. The molecule has 0 bridgehead atoms. The summed E-state index contributed by atoms with van der Waals surface area (Å²) >= 11 is 0. The number of hydrogen-bond donors (Lipinski definition) is 1. The number of rotatable bonds is 5. The molecule has 13 heavy (non-hydrogen) atoms. The van der Waals surface area contributed by atoms with E-state index in [4.69, 9.17) is 5.11 Å². The van der Waals surface area contributed by atoms with Gasteiger partial charge >= 0.3 is 11.9 Å². The Bertz CT molecular complexity index is 154. The lowest BCUT2D eigenvalue weighted by molar-refractivity contribution is -0.141. The normalized spacial score (nSPS) is 8.08. The molecular formula is C9H16O4. The van der Waals surface area contributed by atoms with Gasteiger partial charge in [-0.3, -0.25) is 9.59 Å². The van der Waals surface area contributed by atoms with Gasteiger partial charge in [0.1, 0.15) is 0 Å². The molecule has 0 atom stereocenters. The van der Waals surface area contributed by atoms with Gasteiger partial charge in [-0.05, 0) is 12.8 Å². The molecule has 4 nitrogen and oxygen atoms in total. The van der Waals surface area contributed by atoms with Gasteiger partial charge in [0.25, 0.3) is 0 Å². The van der Waals surface area contributed by atoms with E-state index in [1.807, 2.05) is 0 Å². The second-order valence-electron chi connectivity index (χ2n) is 2.18. The summed E-state index contributed by atoms with van der Waals surface area (Å²) < 4.78 is 4.37. The van der Waals surface area contributed by atoms with Gasteiger partial charge < -0.3 is 9.84 Å². The number of hydrogen-bond acceptors (Lipinski definition) is 3. The number of carbonyl (C=O) groups is 2. The molecule has 0 rings (SSSR count). The van der Waals surface area contributed by atoms with Crippen molar-refractivity contribution in [3.63, 3.8) is 0 Å². The molecule has 0 aliphatic rings. The number of esters is 1. The Balaban J connectivity index is 0. The number of ether oxygens (including phenoxy) is 1. The third-order valence-electron chi connectivity index (χ3n) is 1.25. The summed E-state index contributed by atoms with van der Waals surface area (Å²) in [5, 5.41) is 8.22. The summed E-state index contributed by atoms with van der Waals surface area (Å²) in [6.45, 7) is 6.00. The maximum absolute atomic E-state index is 10.5. The molecule has 0 aromatic carbocycles. The van der Waals surface area contributed by atoms with Crippen molar-refractivity contribution in [2.24, 2.45) is 0 Å². The fraction of sp³-hybridized carbons (Fsp3) is 0.556. The van der Waals surface area contributed by atoms with Crippen LogP contribution >= 0.6 is 0 Å². The number of methoxy groups -OCH3 is 1. The lowest BCUT2D eigenvalue weighted by Gasteiger charge is -1.96.